The monoisotopic (exact) mass is 342 g/mol. The normalized spacial score (nSPS) is 24.1. The first kappa shape index (κ1) is 13.9. The fourth-order valence-electron chi connectivity index (χ4n) is 2.06. The van der Waals surface area contributed by atoms with Gasteiger partial charge in [-0.1, -0.05) is 15.9 Å². The highest BCUT2D eigenvalue weighted by Crippen LogP contribution is 2.38. The van der Waals surface area contributed by atoms with Gasteiger partial charge in [0.25, 0.3) is 0 Å². The summed E-state index contributed by atoms with van der Waals surface area (Å²) in [6, 6.07) is 1.78. The van der Waals surface area contributed by atoms with Crippen molar-refractivity contribution in [2.45, 2.75) is 11.2 Å². The molecule has 2 nitrogen and oxygen atoms in total. The van der Waals surface area contributed by atoms with Crippen molar-refractivity contribution >= 4 is 25.8 Å². The van der Waals surface area contributed by atoms with Crippen LogP contribution in [0.2, 0.25) is 0 Å². The molecule has 0 amide bonds. The van der Waals surface area contributed by atoms with Crippen molar-refractivity contribution in [1.29, 1.82) is 0 Å². The van der Waals surface area contributed by atoms with E-state index in [9.17, 15) is 21.6 Å². The van der Waals surface area contributed by atoms with E-state index in [1.54, 1.807) is 0 Å². The maximum absolute atomic E-state index is 13.1. The average molecular weight is 343 g/mol. The van der Waals surface area contributed by atoms with Gasteiger partial charge in [0.1, 0.15) is 0 Å². The highest BCUT2D eigenvalue weighted by Gasteiger charge is 2.33. The summed E-state index contributed by atoms with van der Waals surface area (Å²) in [6.07, 6.45) is 0.429. The molecule has 1 aromatic carbocycles. The summed E-state index contributed by atoms with van der Waals surface area (Å²) in [5, 5.41) is 0. The van der Waals surface area contributed by atoms with Crippen molar-refractivity contribution in [2.75, 3.05) is 11.5 Å². The topological polar surface area (TPSA) is 34.1 Å². The van der Waals surface area contributed by atoms with Crippen LogP contribution >= 0.6 is 15.9 Å². The molecule has 1 saturated heterocycles. The molecule has 1 fully saturated rings. The Balaban J connectivity index is 2.27. The van der Waals surface area contributed by atoms with Crippen molar-refractivity contribution < 1.29 is 21.6 Å². The zero-order valence-electron chi connectivity index (χ0n) is 9.17. The molecule has 0 N–H and O–H groups in total. The molecule has 1 aromatic rings. The van der Waals surface area contributed by atoms with Crippen LogP contribution < -0.4 is 0 Å². The maximum atomic E-state index is 13.1. The van der Waals surface area contributed by atoms with Crippen molar-refractivity contribution in [3.05, 3.63) is 35.1 Å². The van der Waals surface area contributed by atoms with Gasteiger partial charge in [-0.05, 0) is 30.0 Å². The molecule has 2 unspecified atom stereocenters. The minimum absolute atomic E-state index is 0.0243. The number of sulfone groups is 1. The van der Waals surface area contributed by atoms with Gasteiger partial charge in [0.05, 0.1) is 11.5 Å². The van der Waals surface area contributed by atoms with E-state index in [2.05, 4.69) is 15.9 Å². The molecule has 0 aliphatic carbocycles. The zero-order chi connectivity index (χ0) is 13.5. The first-order valence-electron chi connectivity index (χ1n) is 5.29. The quantitative estimate of drug-likeness (QED) is 0.611. The van der Waals surface area contributed by atoms with E-state index in [-0.39, 0.29) is 23.0 Å². The van der Waals surface area contributed by atoms with Crippen molar-refractivity contribution in [2.24, 2.45) is 5.92 Å². The fourth-order valence-corrected chi connectivity index (χ4v) is 4.86. The Labute approximate surface area is 111 Å². The highest BCUT2D eigenvalue weighted by atomic mass is 79.9. The van der Waals surface area contributed by atoms with E-state index < -0.39 is 32.1 Å². The van der Waals surface area contributed by atoms with Crippen molar-refractivity contribution in [1.82, 2.24) is 0 Å². The van der Waals surface area contributed by atoms with Crippen LogP contribution in [0.15, 0.2) is 12.1 Å². The lowest BCUT2D eigenvalue weighted by atomic mass is 9.98. The Kier molecular flexibility index (Phi) is 3.73. The largest absolute Gasteiger partial charge is 0.229 e. The molecule has 0 radical (unpaired) electrons. The lowest BCUT2D eigenvalue weighted by Gasteiger charge is -2.16. The second-order valence-electron chi connectivity index (χ2n) is 4.36. The van der Waals surface area contributed by atoms with E-state index in [0.29, 0.717) is 6.42 Å². The smallest absolute Gasteiger partial charge is 0.194 e. The molecule has 1 aliphatic heterocycles. The van der Waals surface area contributed by atoms with E-state index >= 15 is 0 Å². The summed E-state index contributed by atoms with van der Waals surface area (Å²) in [4.78, 5) is -0.501. The van der Waals surface area contributed by atoms with Crippen LogP contribution in [0.3, 0.4) is 0 Å². The number of halogens is 4. The molecule has 0 spiro atoms. The second-order valence-corrected chi connectivity index (χ2v) is 7.58. The Hall–Kier alpha value is -0.560. The molecule has 2 atom stereocenters. The Morgan fingerprint density at radius 2 is 1.78 bits per heavy atom. The maximum Gasteiger partial charge on any atom is 0.194 e. The summed E-state index contributed by atoms with van der Waals surface area (Å²) in [7, 11) is -3.07. The molecule has 0 bridgehead atoms. The van der Waals surface area contributed by atoms with Gasteiger partial charge in [0.15, 0.2) is 27.3 Å². The van der Waals surface area contributed by atoms with Gasteiger partial charge in [-0.2, -0.15) is 0 Å². The summed E-state index contributed by atoms with van der Waals surface area (Å²) < 4.78 is 61.7. The van der Waals surface area contributed by atoms with Crippen molar-refractivity contribution in [3.63, 3.8) is 0 Å². The summed E-state index contributed by atoms with van der Waals surface area (Å²) in [6.45, 7) is 0. The minimum atomic E-state index is -3.07. The molecule has 1 heterocycles. The Morgan fingerprint density at radius 1 is 1.22 bits per heavy atom. The van der Waals surface area contributed by atoms with E-state index in [1.165, 1.54) is 0 Å². The number of hydrogen-bond acceptors (Lipinski definition) is 2. The van der Waals surface area contributed by atoms with Gasteiger partial charge in [0.2, 0.25) is 0 Å². The third kappa shape index (κ3) is 2.71. The van der Waals surface area contributed by atoms with Crippen LogP contribution in [0.5, 0.6) is 0 Å². The van der Waals surface area contributed by atoms with Crippen LogP contribution in [0.4, 0.5) is 13.2 Å². The van der Waals surface area contributed by atoms with Crippen LogP contribution in [-0.2, 0) is 9.84 Å². The molecule has 1 aliphatic rings. The first-order valence-corrected chi connectivity index (χ1v) is 8.03. The third-order valence-electron chi connectivity index (χ3n) is 3.01. The van der Waals surface area contributed by atoms with Crippen molar-refractivity contribution in [3.8, 4) is 0 Å². The number of alkyl halides is 1. The molecule has 0 aromatic heterocycles. The van der Waals surface area contributed by atoms with Crippen LogP contribution in [0, 0.1) is 23.4 Å². The van der Waals surface area contributed by atoms with E-state index in [4.69, 9.17) is 0 Å². The van der Waals surface area contributed by atoms with E-state index in [1.807, 2.05) is 0 Å². The third-order valence-corrected chi connectivity index (χ3v) is 6.08. The van der Waals surface area contributed by atoms with Gasteiger partial charge in [0, 0.05) is 4.83 Å². The van der Waals surface area contributed by atoms with Gasteiger partial charge < -0.3 is 0 Å². The molecular formula is C11H10BrF3O2S. The van der Waals surface area contributed by atoms with Crippen LogP contribution in [0.25, 0.3) is 0 Å². The molecule has 100 valence electrons. The van der Waals surface area contributed by atoms with Gasteiger partial charge in [-0.15, -0.1) is 0 Å². The summed E-state index contributed by atoms with van der Waals surface area (Å²) >= 11 is 3.24. The second kappa shape index (κ2) is 4.85. The van der Waals surface area contributed by atoms with Gasteiger partial charge in [-0.3, -0.25) is 0 Å². The SMILES string of the molecule is O=S1(=O)CCC(C(Br)c2cc(F)c(F)c(F)c2)C1. The first-order chi connectivity index (χ1) is 8.30. The van der Waals surface area contributed by atoms with Crippen LogP contribution in [-0.4, -0.2) is 19.9 Å². The average Bonchev–Trinajstić information content (AvgIpc) is 2.65. The minimum Gasteiger partial charge on any atom is -0.229 e. The predicted molar refractivity (Wildman–Crippen MR) is 64.7 cm³/mol. The highest BCUT2D eigenvalue weighted by molar-refractivity contribution is 9.09. The lowest BCUT2D eigenvalue weighted by Crippen LogP contribution is -2.11. The standard InChI is InChI=1S/C11H10BrF3O2S/c12-10(6-1-2-18(16,17)5-6)7-3-8(13)11(15)9(14)4-7/h3-4,6,10H,1-2,5H2. The Bertz CT molecular complexity index is 551. The van der Waals surface area contributed by atoms with E-state index in [0.717, 1.165) is 12.1 Å². The molecule has 2 rings (SSSR count). The van der Waals surface area contributed by atoms with Gasteiger partial charge in [-0.25, -0.2) is 21.6 Å². The molecular weight excluding hydrogens is 333 g/mol. The fraction of sp³-hybridized carbons (Fsp3) is 0.455. The predicted octanol–water partition coefficient (Wildman–Crippen LogP) is 2.97. The number of rotatable bonds is 2. The lowest BCUT2D eigenvalue weighted by molar-refractivity contribution is 0.443. The summed E-state index contributed by atoms with van der Waals surface area (Å²) in [5.41, 5.74) is 0.216. The van der Waals surface area contributed by atoms with Gasteiger partial charge >= 0.3 is 0 Å². The molecule has 7 heteroatoms. The Morgan fingerprint density at radius 3 is 2.22 bits per heavy atom. The number of benzene rings is 1. The summed E-state index contributed by atoms with van der Waals surface area (Å²) in [5.74, 6) is -4.25. The molecule has 18 heavy (non-hydrogen) atoms. The van der Waals surface area contributed by atoms with Crippen LogP contribution in [0.1, 0.15) is 16.8 Å². The zero-order valence-corrected chi connectivity index (χ0v) is 11.6. The number of hydrogen-bond donors (Lipinski definition) is 0. The molecule has 0 saturated carbocycles.